The second-order valence-electron chi connectivity index (χ2n) is 6.52. The highest BCUT2D eigenvalue weighted by molar-refractivity contribution is 5.53. The van der Waals surface area contributed by atoms with Crippen LogP contribution >= 0.6 is 0 Å². The van der Waals surface area contributed by atoms with Crippen LogP contribution in [0.15, 0.2) is 30.3 Å². The Morgan fingerprint density at radius 1 is 1.14 bits per heavy atom. The Morgan fingerprint density at radius 3 is 2.57 bits per heavy atom. The highest BCUT2D eigenvalue weighted by Gasteiger charge is 2.33. The third kappa shape index (κ3) is 2.60. The van der Waals surface area contributed by atoms with Crippen molar-refractivity contribution in [3.8, 4) is 11.4 Å². The van der Waals surface area contributed by atoms with E-state index in [0.29, 0.717) is 0 Å². The normalized spacial score (nSPS) is 28.0. The van der Waals surface area contributed by atoms with Crippen LogP contribution in [0.4, 0.5) is 0 Å². The van der Waals surface area contributed by atoms with Crippen LogP contribution in [0, 0.1) is 5.92 Å². The Hall–Kier alpha value is -1.68. The van der Waals surface area contributed by atoms with E-state index in [0.717, 1.165) is 41.6 Å². The SMILES string of the molecule is Cn1nc(-c2ccccc2)nc1CC1CC2CCC(C1)N2. The Morgan fingerprint density at radius 2 is 1.86 bits per heavy atom. The van der Waals surface area contributed by atoms with Gasteiger partial charge in [-0.1, -0.05) is 30.3 Å². The van der Waals surface area contributed by atoms with Crippen LogP contribution in [0.5, 0.6) is 0 Å². The lowest BCUT2D eigenvalue weighted by molar-refractivity contribution is 0.293. The second kappa shape index (κ2) is 5.26. The Balaban J connectivity index is 1.52. The standard InChI is InChI=1S/C17H22N4/c1-21-16(11-12-9-14-7-8-15(10-12)18-14)19-17(20-21)13-5-3-2-4-6-13/h2-6,12,14-15,18H,7-11H2,1H3. The molecule has 2 bridgehead atoms. The Kier molecular flexibility index (Phi) is 3.26. The number of nitrogens with one attached hydrogen (secondary N) is 1. The molecule has 2 aromatic rings. The molecule has 0 radical (unpaired) electrons. The summed E-state index contributed by atoms with van der Waals surface area (Å²) >= 11 is 0. The van der Waals surface area contributed by atoms with Crippen LogP contribution in [-0.4, -0.2) is 26.8 Å². The van der Waals surface area contributed by atoms with E-state index in [9.17, 15) is 0 Å². The van der Waals surface area contributed by atoms with Crippen LogP contribution in [0.1, 0.15) is 31.5 Å². The molecule has 4 rings (SSSR count). The van der Waals surface area contributed by atoms with Crippen molar-refractivity contribution in [1.82, 2.24) is 20.1 Å². The average molecular weight is 282 g/mol. The Labute approximate surface area is 125 Å². The first kappa shape index (κ1) is 13.0. The van der Waals surface area contributed by atoms with Crippen LogP contribution in [-0.2, 0) is 13.5 Å². The van der Waals surface area contributed by atoms with E-state index in [4.69, 9.17) is 4.98 Å². The van der Waals surface area contributed by atoms with Gasteiger partial charge < -0.3 is 5.32 Å². The van der Waals surface area contributed by atoms with Crippen molar-refractivity contribution in [3.63, 3.8) is 0 Å². The van der Waals surface area contributed by atoms with Gasteiger partial charge in [0.15, 0.2) is 5.82 Å². The van der Waals surface area contributed by atoms with E-state index in [2.05, 4.69) is 22.5 Å². The van der Waals surface area contributed by atoms with Crippen molar-refractivity contribution >= 4 is 0 Å². The zero-order chi connectivity index (χ0) is 14.2. The number of hydrogen-bond donors (Lipinski definition) is 1. The third-order valence-corrected chi connectivity index (χ3v) is 4.93. The Bertz CT molecular complexity index is 607. The lowest BCUT2D eigenvalue weighted by atomic mass is 9.89. The monoisotopic (exact) mass is 282 g/mol. The van der Waals surface area contributed by atoms with Gasteiger partial charge >= 0.3 is 0 Å². The minimum atomic E-state index is 0.746. The second-order valence-corrected chi connectivity index (χ2v) is 6.52. The number of piperidine rings is 1. The number of aryl methyl sites for hydroxylation is 1. The molecule has 2 saturated heterocycles. The highest BCUT2D eigenvalue weighted by Crippen LogP contribution is 2.32. The van der Waals surface area contributed by atoms with Crippen molar-refractivity contribution in [3.05, 3.63) is 36.2 Å². The first-order valence-electron chi connectivity index (χ1n) is 7.99. The van der Waals surface area contributed by atoms with Crippen molar-refractivity contribution in [2.75, 3.05) is 0 Å². The first-order chi connectivity index (χ1) is 10.3. The summed E-state index contributed by atoms with van der Waals surface area (Å²) in [6.07, 6.45) is 6.36. The predicted octanol–water partition coefficient (Wildman–Crippen LogP) is 2.56. The fourth-order valence-corrected chi connectivity index (χ4v) is 3.90. The number of benzene rings is 1. The molecule has 1 aromatic heterocycles. The fraction of sp³-hybridized carbons (Fsp3) is 0.529. The van der Waals surface area contributed by atoms with Gasteiger partial charge in [-0.25, -0.2) is 4.98 Å². The van der Waals surface area contributed by atoms with Crippen LogP contribution in [0.2, 0.25) is 0 Å². The van der Waals surface area contributed by atoms with Crippen molar-refractivity contribution in [2.45, 2.75) is 44.2 Å². The molecular weight excluding hydrogens is 260 g/mol. The molecule has 3 heterocycles. The smallest absolute Gasteiger partial charge is 0.181 e. The number of fused-ring (bicyclic) bond motifs is 2. The molecule has 0 aliphatic carbocycles. The van der Waals surface area contributed by atoms with E-state index in [-0.39, 0.29) is 0 Å². The zero-order valence-electron chi connectivity index (χ0n) is 12.5. The van der Waals surface area contributed by atoms with E-state index in [1.54, 1.807) is 0 Å². The first-order valence-corrected chi connectivity index (χ1v) is 7.99. The molecule has 1 aromatic carbocycles. The summed E-state index contributed by atoms with van der Waals surface area (Å²) in [5, 5.41) is 8.30. The molecule has 2 aliphatic heterocycles. The summed E-state index contributed by atoms with van der Waals surface area (Å²) in [5.74, 6) is 2.74. The van der Waals surface area contributed by atoms with E-state index in [1.165, 1.54) is 25.7 Å². The summed E-state index contributed by atoms with van der Waals surface area (Å²) in [6, 6.07) is 11.7. The third-order valence-electron chi connectivity index (χ3n) is 4.93. The van der Waals surface area contributed by atoms with Gasteiger partial charge in [-0.2, -0.15) is 5.10 Å². The maximum atomic E-state index is 4.78. The highest BCUT2D eigenvalue weighted by atomic mass is 15.3. The summed E-state index contributed by atoms with van der Waals surface area (Å²) in [6.45, 7) is 0. The summed E-state index contributed by atoms with van der Waals surface area (Å²) in [7, 11) is 2.02. The minimum absolute atomic E-state index is 0.746. The van der Waals surface area contributed by atoms with Gasteiger partial charge in [-0.05, 0) is 31.6 Å². The molecule has 21 heavy (non-hydrogen) atoms. The molecule has 1 N–H and O–H groups in total. The lowest BCUT2D eigenvalue weighted by Gasteiger charge is -2.28. The van der Waals surface area contributed by atoms with Gasteiger partial charge in [0.05, 0.1) is 0 Å². The molecule has 4 nitrogen and oxygen atoms in total. The fourth-order valence-electron chi connectivity index (χ4n) is 3.90. The quantitative estimate of drug-likeness (QED) is 0.941. The summed E-state index contributed by atoms with van der Waals surface area (Å²) < 4.78 is 1.96. The van der Waals surface area contributed by atoms with Gasteiger partial charge in [0.1, 0.15) is 5.82 Å². The van der Waals surface area contributed by atoms with Crippen molar-refractivity contribution in [1.29, 1.82) is 0 Å². The van der Waals surface area contributed by atoms with Crippen molar-refractivity contribution < 1.29 is 0 Å². The molecule has 4 heteroatoms. The molecule has 0 saturated carbocycles. The van der Waals surface area contributed by atoms with E-state index < -0.39 is 0 Å². The molecule has 2 atom stereocenters. The number of hydrogen-bond acceptors (Lipinski definition) is 3. The molecule has 2 aliphatic rings. The van der Waals surface area contributed by atoms with Gasteiger partial charge in [0.2, 0.25) is 0 Å². The van der Waals surface area contributed by atoms with E-state index >= 15 is 0 Å². The number of aromatic nitrogens is 3. The summed E-state index contributed by atoms with van der Waals surface area (Å²) in [5.41, 5.74) is 1.10. The van der Waals surface area contributed by atoms with Crippen LogP contribution in [0.25, 0.3) is 11.4 Å². The van der Waals surface area contributed by atoms with Crippen molar-refractivity contribution in [2.24, 2.45) is 13.0 Å². The maximum absolute atomic E-state index is 4.78. The molecular formula is C17H22N4. The number of nitrogens with zero attached hydrogens (tertiary/aromatic N) is 3. The maximum Gasteiger partial charge on any atom is 0.181 e. The van der Waals surface area contributed by atoms with Gasteiger partial charge in [0, 0.05) is 31.1 Å². The minimum Gasteiger partial charge on any atom is -0.311 e. The lowest BCUT2D eigenvalue weighted by Crippen LogP contribution is -2.38. The van der Waals surface area contributed by atoms with Crippen LogP contribution in [0.3, 0.4) is 0 Å². The molecule has 2 fully saturated rings. The average Bonchev–Trinajstić information content (AvgIpc) is 3.03. The summed E-state index contributed by atoms with van der Waals surface area (Å²) in [4.78, 5) is 4.78. The van der Waals surface area contributed by atoms with Gasteiger partial charge in [0.25, 0.3) is 0 Å². The molecule has 0 spiro atoms. The predicted molar refractivity (Wildman–Crippen MR) is 82.8 cm³/mol. The van der Waals surface area contributed by atoms with Gasteiger partial charge in [-0.3, -0.25) is 4.68 Å². The van der Waals surface area contributed by atoms with Crippen LogP contribution < -0.4 is 5.32 Å². The molecule has 0 amide bonds. The topological polar surface area (TPSA) is 42.7 Å². The molecule has 2 unspecified atom stereocenters. The largest absolute Gasteiger partial charge is 0.311 e. The van der Waals surface area contributed by atoms with E-state index in [1.807, 2.05) is 29.9 Å². The van der Waals surface area contributed by atoms with Gasteiger partial charge in [-0.15, -0.1) is 0 Å². The molecule has 110 valence electrons. The zero-order valence-corrected chi connectivity index (χ0v) is 12.5. The number of rotatable bonds is 3.